The lowest BCUT2D eigenvalue weighted by molar-refractivity contribution is -0.132. The van der Waals surface area contributed by atoms with E-state index in [0.29, 0.717) is 65.4 Å². The van der Waals surface area contributed by atoms with Crippen molar-refractivity contribution in [2.24, 2.45) is 0 Å². The van der Waals surface area contributed by atoms with E-state index in [4.69, 9.17) is 28.4 Å². The Labute approximate surface area is 250 Å². The van der Waals surface area contributed by atoms with Crippen molar-refractivity contribution in [2.45, 2.75) is 13.0 Å². The lowest BCUT2D eigenvalue weighted by atomic mass is 9.94. The van der Waals surface area contributed by atoms with E-state index in [9.17, 15) is 14.7 Å². The number of thiazole rings is 1. The second-order valence-corrected chi connectivity index (χ2v) is 10.6. The highest BCUT2D eigenvalue weighted by atomic mass is 32.1. The number of Topliss-reactive ketones (excluding diaryl/α,β-unsaturated/α-hetero) is 1. The Kier molecular flexibility index (Phi) is 7.45. The molecule has 0 spiro atoms. The first-order valence-electron chi connectivity index (χ1n) is 13.4. The summed E-state index contributed by atoms with van der Waals surface area (Å²) in [6.45, 7) is 3.13. The van der Waals surface area contributed by atoms with Crippen molar-refractivity contribution in [3.8, 4) is 34.5 Å². The Morgan fingerprint density at radius 2 is 1.70 bits per heavy atom. The summed E-state index contributed by atoms with van der Waals surface area (Å²) in [7, 11) is 4.42. The SMILES string of the molecule is CCOc1ccc2nc(N3C(=O)C(=O)/C(=C(/O)c4ccc5c(c4)OCCO5)C3c3cc(OC)c(OC)c(OC)c3)sc2c1. The number of amides is 1. The van der Waals surface area contributed by atoms with Gasteiger partial charge in [0.2, 0.25) is 5.75 Å². The maximum atomic E-state index is 13.8. The molecule has 4 aromatic rings. The van der Waals surface area contributed by atoms with Crippen LogP contribution in [0.5, 0.6) is 34.5 Å². The van der Waals surface area contributed by atoms with Gasteiger partial charge in [-0.2, -0.15) is 0 Å². The molecule has 3 aromatic carbocycles. The third kappa shape index (κ3) is 4.83. The van der Waals surface area contributed by atoms with Crippen LogP contribution in [0.15, 0.2) is 54.1 Å². The summed E-state index contributed by atoms with van der Waals surface area (Å²) in [5, 5.41) is 11.9. The van der Waals surface area contributed by atoms with Gasteiger partial charge in [0.05, 0.1) is 49.8 Å². The maximum absolute atomic E-state index is 13.8. The molecule has 222 valence electrons. The zero-order valence-corrected chi connectivity index (χ0v) is 24.6. The monoisotopic (exact) mass is 604 g/mol. The normalized spacial score (nSPS) is 17.3. The number of aliphatic hydroxyl groups excluding tert-OH is 1. The lowest BCUT2D eigenvalue weighted by Gasteiger charge is -2.25. The summed E-state index contributed by atoms with van der Waals surface area (Å²) in [6, 6.07) is 12.4. The van der Waals surface area contributed by atoms with Gasteiger partial charge in [-0.3, -0.25) is 14.5 Å². The first kappa shape index (κ1) is 28.2. The summed E-state index contributed by atoms with van der Waals surface area (Å²) in [5.74, 6) is 0.460. The molecule has 1 N–H and O–H groups in total. The number of hydrogen-bond donors (Lipinski definition) is 1. The fourth-order valence-electron chi connectivity index (χ4n) is 5.20. The number of aromatic nitrogens is 1. The zero-order valence-electron chi connectivity index (χ0n) is 23.8. The molecule has 1 saturated heterocycles. The molecule has 1 atom stereocenters. The molecule has 3 heterocycles. The summed E-state index contributed by atoms with van der Waals surface area (Å²) in [6.07, 6.45) is 0. The summed E-state index contributed by atoms with van der Waals surface area (Å²) < 4.78 is 34.3. The number of carbonyl (C=O) groups excluding carboxylic acids is 2. The Balaban J connectivity index is 1.57. The number of fused-ring (bicyclic) bond motifs is 2. The zero-order chi connectivity index (χ0) is 30.2. The predicted molar refractivity (Wildman–Crippen MR) is 159 cm³/mol. The van der Waals surface area contributed by atoms with Crippen molar-refractivity contribution in [3.05, 3.63) is 65.2 Å². The van der Waals surface area contributed by atoms with Gasteiger partial charge >= 0.3 is 5.91 Å². The average molecular weight is 605 g/mol. The Morgan fingerprint density at radius 3 is 2.37 bits per heavy atom. The molecule has 12 heteroatoms. The first-order chi connectivity index (χ1) is 20.9. The highest BCUT2D eigenvalue weighted by Gasteiger charge is 2.48. The van der Waals surface area contributed by atoms with E-state index >= 15 is 0 Å². The van der Waals surface area contributed by atoms with Crippen LogP contribution in [0.1, 0.15) is 24.1 Å². The Morgan fingerprint density at radius 1 is 0.977 bits per heavy atom. The third-order valence-electron chi connectivity index (χ3n) is 7.13. The van der Waals surface area contributed by atoms with Crippen LogP contribution in [0.2, 0.25) is 0 Å². The number of aliphatic hydroxyl groups is 1. The fraction of sp³-hybridized carbons (Fsp3) is 0.258. The molecule has 11 nitrogen and oxygen atoms in total. The number of methoxy groups -OCH3 is 3. The number of nitrogens with zero attached hydrogens (tertiary/aromatic N) is 2. The molecule has 0 saturated carbocycles. The van der Waals surface area contributed by atoms with Crippen molar-refractivity contribution >= 4 is 44.1 Å². The number of rotatable bonds is 8. The van der Waals surface area contributed by atoms with Crippen molar-refractivity contribution in [1.82, 2.24) is 4.98 Å². The van der Waals surface area contributed by atoms with E-state index in [0.717, 1.165) is 4.70 Å². The van der Waals surface area contributed by atoms with Crippen LogP contribution in [-0.4, -0.2) is 62.9 Å². The fourth-order valence-corrected chi connectivity index (χ4v) is 6.22. The molecule has 2 aliphatic heterocycles. The van der Waals surface area contributed by atoms with Gasteiger partial charge in [0.25, 0.3) is 5.78 Å². The number of hydrogen-bond acceptors (Lipinski definition) is 11. The van der Waals surface area contributed by atoms with Crippen molar-refractivity contribution in [3.63, 3.8) is 0 Å². The molecule has 1 aromatic heterocycles. The van der Waals surface area contributed by atoms with Crippen LogP contribution in [-0.2, 0) is 9.59 Å². The third-order valence-corrected chi connectivity index (χ3v) is 8.15. The molecule has 1 unspecified atom stereocenters. The second kappa shape index (κ2) is 11.4. The summed E-state index contributed by atoms with van der Waals surface area (Å²) in [5.41, 5.74) is 1.21. The number of ketones is 1. The molecule has 0 aliphatic carbocycles. The largest absolute Gasteiger partial charge is 0.507 e. The van der Waals surface area contributed by atoms with Crippen molar-refractivity contribution < 1.29 is 43.1 Å². The smallest absolute Gasteiger partial charge is 0.301 e. The van der Waals surface area contributed by atoms with Gasteiger partial charge in [-0.15, -0.1) is 0 Å². The van der Waals surface area contributed by atoms with Gasteiger partial charge in [0.1, 0.15) is 24.7 Å². The van der Waals surface area contributed by atoms with Crippen LogP contribution in [0.25, 0.3) is 16.0 Å². The van der Waals surface area contributed by atoms with E-state index in [-0.39, 0.29) is 22.0 Å². The van der Waals surface area contributed by atoms with E-state index in [2.05, 4.69) is 4.98 Å². The van der Waals surface area contributed by atoms with Crippen LogP contribution < -0.4 is 33.3 Å². The Hall–Kier alpha value is -4.97. The van der Waals surface area contributed by atoms with Crippen LogP contribution in [0.4, 0.5) is 5.13 Å². The predicted octanol–water partition coefficient (Wildman–Crippen LogP) is 5.12. The van der Waals surface area contributed by atoms with E-state index in [1.54, 1.807) is 42.5 Å². The van der Waals surface area contributed by atoms with Crippen molar-refractivity contribution in [2.75, 3.05) is 46.0 Å². The quantitative estimate of drug-likeness (QED) is 0.165. The average Bonchev–Trinajstić information content (AvgIpc) is 3.57. The van der Waals surface area contributed by atoms with Gasteiger partial charge in [-0.1, -0.05) is 11.3 Å². The maximum Gasteiger partial charge on any atom is 0.301 e. The van der Waals surface area contributed by atoms with Crippen LogP contribution in [0, 0.1) is 0 Å². The number of benzene rings is 3. The van der Waals surface area contributed by atoms with Gasteiger partial charge in [-0.25, -0.2) is 4.98 Å². The van der Waals surface area contributed by atoms with Gasteiger partial charge in [0.15, 0.2) is 28.1 Å². The topological polar surface area (TPSA) is 126 Å². The second-order valence-electron chi connectivity index (χ2n) is 9.55. The van der Waals surface area contributed by atoms with Gasteiger partial charge < -0.3 is 33.5 Å². The number of carbonyl (C=O) groups is 2. The number of ether oxygens (including phenoxy) is 6. The minimum atomic E-state index is -1.09. The van der Waals surface area contributed by atoms with E-state index in [1.165, 1.54) is 37.6 Å². The summed E-state index contributed by atoms with van der Waals surface area (Å²) in [4.78, 5) is 33.5. The van der Waals surface area contributed by atoms with E-state index in [1.807, 2.05) is 13.0 Å². The molecule has 43 heavy (non-hydrogen) atoms. The molecule has 0 radical (unpaired) electrons. The molecule has 1 fully saturated rings. The standard InChI is InChI=1S/C31H28N2O9S/c1-5-40-18-7-8-19-24(15-18)43-31(32-19)33-26(17-13-22(37-2)29(39-4)23(14-17)38-3)25(28(35)30(33)36)27(34)16-6-9-20-21(12-16)42-11-10-41-20/h6-9,12-15,26,34H,5,10-11H2,1-4H3/b27-25+. The minimum absolute atomic E-state index is 0.134. The highest BCUT2D eigenvalue weighted by Crippen LogP contribution is 2.48. The van der Waals surface area contributed by atoms with E-state index < -0.39 is 17.7 Å². The first-order valence-corrected chi connectivity index (χ1v) is 14.2. The molecular formula is C31H28N2O9S. The molecule has 1 amide bonds. The molecule has 2 aliphatic rings. The van der Waals surface area contributed by atoms with Crippen LogP contribution >= 0.6 is 11.3 Å². The molecule has 0 bridgehead atoms. The van der Waals surface area contributed by atoms with Crippen molar-refractivity contribution in [1.29, 1.82) is 0 Å². The Bertz CT molecular complexity index is 1760. The minimum Gasteiger partial charge on any atom is -0.507 e. The number of anilines is 1. The summed E-state index contributed by atoms with van der Waals surface area (Å²) >= 11 is 1.23. The molecule has 6 rings (SSSR count). The van der Waals surface area contributed by atoms with Gasteiger partial charge in [-0.05, 0) is 61.0 Å². The lowest BCUT2D eigenvalue weighted by Crippen LogP contribution is -2.29. The highest BCUT2D eigenvalue weighted by molar-refractivity contribution is 7.22. The van der Waals surface area contributed by atoms with Gasteiger partial charge in [0, 0.05) is 5.56 Å². The molecular weight excluding hydrogens is 576 g/mol. The van der Waals surface area contributed by atoms with Crippen LogP contribution in [0.3, 0.4) is 0 Å².